The van der Waals surface area contributed by atoms with E-state index in [1.165, 1.54) is 12.1 Å². The highest BCUT2D eigenvalue weighted by Crippen LogP contribution is 2.24. The second-order valence-electron chi connectivity index (χ2n) is 4.22. The van der Waals surface area contributed by atoms with Gasteiger partial charge in [0.25, 0.3) is 0 Å². The van der Waals surface area contributed by atoms with Gasteiger partial charge in [-0.15, -0.1) is 0 Å². The van der Waals surface area contributed by atoms with Gasteiger partial charge in [-0.05, 0) is 24.6 Å². The van der Waals surface area contributed by atoms with Crippen LogP contribution in [-0.4, -0.2) is 7.11 Å². The zero-order valence-electron chi connectivity index (χ0n) is 10.8. The third-order valence-electron chi connectivity index (χ3n) is 2.93. The molecule has 0 aromatic heterocycles. The number of hydrogen-bond donors (Lipinski definition) is 1. The van der Waals surface area contributed by atoms with Gasteiger partial charge < -0.3 is 10.1 Å². The predicted molar refractivity (Wildman–Crippen MR) is 71.4 cm³/mol. The van der Waals surface area contributed by atoms with E-state index in [-0.39, 0.29) is 5.69 Å². The van der Waals surface area contributed by atoms with Crippen molar-refractivity contribution in [2.24, 2.45) is 0 Å². The summed E-state index contributed by atoms with van der Waals surface area (Å²) in [5.41, 5.74) is 1.14. The quantitative estimate of drug-likeness (QED) is 0.903. The maximum absolute atomic E-state index is 13.8. The summed E-state index contributed by atoms with van der Waals surface area (Å²) in [6.45, 7) is 1.89. The fraction of sp³-hybridized carbons (Fsp3) is 0.200. The summed E-state index contributed by atoms with van der Waals surface area (Å²) >= 11 is 0. The molecule has 2 rings (SSSR count). The van der Waals surface area contributed by atoms with Crippen molar-refractivity contribution in [2.75, 3.05) is 12.4 Å². The second-order valence-corrected chi connectivity index (χ2v) is 4.22. The van der Waals surface area contributed by atoms with Crippen molar-refractivity contribution in [2.45, 2.75) is 13.5 Å². The number of nitrogens with one attached hydrogen (secondary N) is 1. The van der Waals surface area contributed by atoms with Crippen molar-refractivity contribution in [1.82, 2.24) is 0 Å². The van der Waals surface area contributed by atoms with E-state index in [9.17, 15) is 8.78 Å². The number of aryl methyl sites for hydroxylation is 1. The summed E-state index contributed by atoms with van der Waals surface area (Å²) in [5.74, 6) is -0.476. The Morgan fingerprint density at radius 1 is 1.11 bits per heavy atom. The Morgan fingerprint density at radius 3 is 2.58 bits per heavy atom. The van der Waals surface area contributed by atoms with Crippen molar-refractivity contribution < 1.29 is 13.5 Å². The maximum Gasteiger partial charge on any atom is 0.152 e. The van der Waals surface area contributed by atoms with Crippen LogP contribution in [0.5, 0.6) is 5.75 Å². The van der Waals surface area contributed by atoms with Gasteiger partial charge in [-0.2, -0.15) is 0 Å². The molecule has 2 aromatic carbocycles. The van der Waals surface area contributed by atoms with Crippen molar-refractivity contribution in [3.05, 3.63) is 59.2 Å². The molecule has 0 saturated heterocycles. The lowest BCUT2D eigenvalue weighted by Crippen LogP contribution is -2.06. The van der Waals surface area contributed by atoms with E-state index >= 15 is 0 Å². The Morgan fingerprint density at radius 2 is 1.84 bits per heavy atom. The fourth-order valence-electron chi connectivity index (χ4n) is 1.85. The van der Waals surface area contributed by atoms with Gasteiger partial charge in [0.15, 0.2) is 5.82 Å². The molecule has 0 heterocycles. The Bertz CT molecular complexity index is 584. The summed E-state index contributed by atoms with van der Waals surface area (Å²) in [6, 6.07) is 10.0. The number of rotatable bonds is 4. The highest BCUT2D eigenvalue weighted by Gasteiger charge is 2.11. The van der Waals surface area contributed by atoms with Crippen LogP contribution < -0.4 is 10.1 Å². The summed E-state index contributed by atoms with van der Waals surface area (Å²) < 4.78 is 32.6. The Kier molecular flexibility index (Phi) is 4.00. The van der Waals surface area contributed by atoms with Crippen LogP contribution in [0.2, 0.25) is 0 Å². The van der Waals surface area contributed by atoms with Crippen LogP contribution in [0.1, 0.15) is 11.1 Å². The van der Waals surface area contributed by atoms with Gasteiger partial charge in [0.1, 0.15) is 17.3 Å². The van der Waals surface area contributed by atoms with Gasteiger partial charge >= 0.3 is 0 Å². The minimum Gasteiger partial charge on any atom is -0.496 e. The molecule has 0 spiro atoms. The Hall–Kier alpha value is -2.10. The molecule has 0 fully saturated rings. The van der Waals surface area contributed by atoms with E-state index in [0.29, 0.717) is 17.9 Å². The third kappa shape index (κ3) is 2.84. The minimum atomic E-state index is -0.599. The second kappa shape index (κ2) is 5.69. The molecule has 0 aliphatic rings. The maximum atomic E-state index is 13.8. The molecule has 0 atom stereocenters. The number of para-hydroxylation sites is 1. The van der Waals surface area contributed by atoms with E-state index in [2.05, 4.69) is 5.32 Å². The first kappa shape index (κ1) is 13.3. The van der Waals surface area contributed by atoms with Crippen LogP contribution in [0.15, 0.2) is 36.4 Å². The van der Waals surface area contributed by atoms with Gasteiger partial charge in [-0.3, -0.25) is 0 Å². The average molecular weight is 263 g/mol. The van der Waals surface area contributed by atoms with Crippen LogP contribution in [-0.2, 0) is 6.54 Å². The monoisotopic (exact) mass is 263 g/mol. The summed E-state index contributed by atoms with van der Waals surface area (Å²) in [4.78, 5) is 0. The number of hydrogen-bond acceptors (Lipinski definition) is 2. The standard InChI is InChI=1S/C15H15F2NO/c1-10-7-8-12(16)15(14(10)17)18-9-11-5-3-4-6-13(11)19-2/h3-8,18H,9H2,1-2H3. The third-order valence-corrected chi connectivity index (χ3v) is 2.93. The highest BCUT2D eigenvalue weighted by atomic mass is 19.1. The first-order valence-corrected chi connectivity index (χ1v) is 5.94. The summed E-state index contributed by atoms with van der Waals surface area (Å²) in [5, 5.41) is 2.78. The normalized spacial score (nSPS) is 10.3. The van der Waals surface area contributed by atoms with Crippen molar-refractivity contribution in [1.29, 1.82) is 0 Å². The molecule has 19 heavy (non-hydrogen) atoms. The number of halogens is 2. The van der Waals surface area contributed by atoms with Crippen LogP contribution in [0.4, 0.5) is 14.5 Å². The van der Waals surface area contributed by atoms with Gasteiger partial charge in [0.05, 0.1) is 7.11 Å². The lowest BCUT2D eigenvalue weighted by atomic mass is 10.1. The van der Waals surface area contributed by atoms with Gasteiger partial charge in [0.2, 0.25) is 0 Å². The van der Waals surface area contributed by atoms with Crippen molar-refractivity contribution in [3.63, 3.8) is 0 Å². The number of benzene rings is 2. The molecular weight excluding hydrogens is 248 g/mol. The zero-order valence-corrected chi connectivity index (χ0v) is 10.8. The van der Waals surface area contributed by atoms with Gasteiger partial charge in [0, 0.05) is 12.1 Å². The Labute approximate surface area is 111 Å². The molecule has 0 aliphatic heterocycles. The smallest absolute Gasteiger partial charge is 0.152 e. The molecule has 100 valence electrons. The van der Waals surface area contributed by atoms with Crippen molar-refractivity contribution in [3.8, 4) is 5.75 Å². The van der Waals surface area contributed by atoms with Crippen molar-refractivity contribution >= 4 is 5.69 Å². The van der Waals surface area contributed by atoms with Crippen LogP contribution in [0, 0.1) is 18.6 Å². The Balaban J connectivity index is 2.21. The van der Waals surface area contributed by atoms with E-state index in [1.807, 2.05) is 18.2 Å². The fourth-order valence-corrected chi connectivity index (χ4v) is 1.85. The van der Waals surface area contributed by atoms with Crippen LogP contribution >= 0.6 is 0 Å². The number of ether oxygens (including phenoxy) is 1. The molecule has 0 saturated carbocycles. The largest absolute Gasteiger partial charge is 0.496 e. The summed E-state index contributed by atoms with van der Waals surface area (Å²) in [7, 11) is 1.56. The van der Waals surface area contributed by atoms with E-state index in [1.54, 1.807) is 20.1 Å². The molecule has 0 radical (unpaired) electrons. The first-order chi connectivity index (χ1) is 9.13. The van der Waals surface area contributed by atoms with Gasteiger partial charge in [-0.25, -0.2) is 8.78 Å². The topological polar surface area (TPSA) is 21.3 Å². The first-order valence-electron chi connectivity index (χ1n) is 5.94. The predicted octanol–water partition coefficient (Wildman–Crippen LogP) is 3.89. The lowest BCUT2D eigenvalue weighted by Gasteiger charge is -2.12. The van der Waals surface area contributed by atoms with E-state index < -0.39 is 11.6 Å². The van der Waals surface area contributed by atoms with Crippen LogP contribution in [0.25, 0.3) is 0 Å². The lowest BCUT2D eigenvalue weighted by molar-refractivity contribution is 0.410. The molecule has 0 aliphatic carbocycles. The van der Waals surface area contributed by atoms with E-state index in [4.69, 9.17) is 4.74 Å². The molecule has 2 aromatic rings. The minimum absolute atomic E-state index is 0.106. The highest BCUT2D eigenvalue weighted by molar-refractivity contribution is 5.50. The molecular formula is C15H15F2NO. The number of methoxy groups -OCH3 is 1. The zero-order chi connectivity index (χ0) is 13.8. The number of anilines is 1. The molecule has 0 unspecified atom stereocenters. The van der Waals surface area contributed by atoms with E-state index in [0.717, 1.165) is 5.56 Å². The van der Waals surface area contributed by atoms with Crippen LogP contribution in [0.3, 0.4) is 0 Å². The molecule has 0 amide bonds. The average Bonchev–Trinajstić information content (AvgIpc) is 2.43. The molecule has 2 nitrogen and oxygen atoms in total. The molecule has 4 heteroatoms. The summed E-state index contributed by atoms with van der Waals surface area (Å²) in [6.07, 6.45) is 0. The molecule has 1 N–H and O–H groups in total. The SMILES string of the molecule is COc1ccccc1CNc1c(F)ccc(C)c1F. The molecule has 0 bridgehead atoms. The van der Waals surface area contributed by atoms with Gasteiger partial charge in [-0.1, -0.05) is 24.3 Å².